The van der Waals surface area contributed by atoms with Gasteiger partial charge in [-0.15, -0.1) is 11.3 Å². The summed E-state index contributed by atoms with van der Waals surface area (Å²) in [6, 6.07) is 5.32. The van der Waals surface area contributed by atoms with E-state index in [4.69, 9.17) is 9.47 Å². The van der Waals surface area contributed by atoms with Gasteiger partial charge < -0.3 is 14.4 Å². The number of carbonyl (C=O) groups is 1. The van der Waals surface area contributed by atoms with E-state index in [-0.39, 0.29) is 5.91 Å². The fourth-order valence-corrected chi connectivity index (χ4v) is 3.88. The minimum absolute atomic E-state index is 0.0572. The quantitative estimate of drug-likeness (QED) is 0.723. The van der Waals surface area contributed by atoms with E-state index in [0.717, 1.165) is 16.3 Å². The van der Waals surface area contributed by atoms with Crippen LogP contribution in [-0.2, 0) is 6.54 Å². The number of amides is 1. The van der Waals surface area contributed by atoms with Crippen molar-refractivity contribution in [3.8, 4) is 11.5 Å². The van der Waals surface area contributed by atoms with E-state index < -0.39 is 0 Å². The predicted octanol–water partition coefficient (Wildman–Crippen LogP) is 3.06. The Balaban J connectivity index is 1.58. The molecule has 1 aliphatic heterocycles. The second-order valence-electron chi connectivity index (χ2n) is 6.16. The van der Waals surface area contributed by atoms with Crippen LogP contribution in [0.2, 0.25) is 0 Å². The highest BCUT2D eigenvalue weighted by molar-refractivity contribution is 7.17. The molecule has 3 aromatic rings. The molecule has 7 heteroatoms. The highest BCUT2D eigenvalue weighted by Gasteiger charge is 2.20. The molecule has 0 aliphatic carbocycles. The van der Waals surface area contributed by atoms with Crippen molar-refractivity contribution in [3.05, 3.63) is 46.2 Å². The maximum atomic E-state index is 12.8. The van der Waals surface area contributed by atoms with Crippen LogP contribution in [0.1, 0.15) is 26.6 Å². The molecule has 130 valence electrons. The molecular formula is C18H19N3O3S. The second kappa shape index (κ2) is 6.07. The first-order valence-corrected chi connectivity index (χ1v) is 8.93. The maximum Gasteiger partial charge on any atom is 0.254 e. The number of benzene rings is 1. The summed E-state index contributed by atoms with van der Waals surface area (Å²) in [5.41, 5.74) is 2.58. The number of fused-ring (bicyclic) bond motifs is 2. The van der Waals surface area contributed by atoms with Crippen LogP contribution < -0.4 is 9.47 Å². The van der Waals surface area contributed by atoms with E-state index >= 15 is 0 Å². The van der Waals surface area contributed by atoms with E-state index in [0.29, 0.717) is 36.8 Å². The Morgan fingerprint density at radius 3 is 2.84 bits per heavy atom. The van der Waals surface area contributed by atoms with Gasteiger partial charge in [-0.1, -0.05) is 0 Å². The zero-order valence-electron chi connectivity index (χ0n) is 14.4. The van der Waals surface area contributed by atoms with Gasteiger partial charge in [0.15, 0.2) is 16.5 Å². The van der Waals surface area contributed by atoms with Gasteiger partial charge in [0.05, 0.1) is 17.9 Å². The van der Waals surface area contributed by atoms with Crippen LogP contribution in [0.5, 0.6) is 11.5 Å². The van der Waals surface area contributed by atoms with Crippen LogP contribution >= 0.6 is 11.3 Å². The summed E-state index contributed by atoms with van der Waals surface area (Å²) in [6.07, 6.45) is 2.07. The molecule has 25 heavy (non-hydrogen) atoms. The van der Waals surface area contributed by atoms with Gasteiger partial charge in [0, 0.05) is 23.7 Å². The van der Waals surface area contributed by atoms with Crippen LogP contribution in [-0.4, -0.2) is 40.5 Å². The molecule has 0 bridgehead atoms. The van der Waals surface area contributed by atoms with Crippen LogP contribution in [0.15, 0.2) is 24.4 Å². The Labute approximate surface area is 149 Å². The standard InChI is InChI=1S/C18H19N3O3S/c1-11-9-21-14(12(2)19-18(21)25-11)10-20(3)17(22)13-4-5-15-16(8-13)24-7-6-23-15/h4-5,8-9H,6-7,10H2,1-3H3. The topological polar surface area (TPSA) is 56.1 Å². The molecule has 4 rings (SSSR count). The highest BCUT2D eigenvalue weighted by Crippen LogP contribution is 2.31. The fraction of sp³-hybridized carbons (Fsp3) is 0.333. The molecule has 0 radical (unpaired) electrons. The fourth-order valence-electron chi connectivity index (χ4n) is 2.99. The summed E-state index contributed by atoms with van der Waals surface area (Å²) in [4.78, 5) is 21.3. The lowest BCUT2D eigenvalue weighted by Crippen LogP contribution is -2.27. The molecule has 1 amide bonds. The molecule has 6 nitrogen and oxygen atoms in total. The molecule has 0 atom stereocenters. The third-order valence-electron chi connectivity index (χ3n) is 4.26. The first-order chi connectivity index (χ1) is 12.0. The minimum Gasteiger partial charge on any atom is -0.486 e. The molecule has 0 N–H and O–H groups in total. The molecule has 1 aromatic carbocycles. The van der Waals surface area contributed by atoms with Gasteiger partial charge in [-0.3, -0.25) is 9.20 Å². The Kier molecular flexibility index (Phi) is 3.88. The Morgan fingerprint density at radius 1 is 1.28 bits per heavy atom. The first kappa shape index (κ1) is 16.0. The zero-order valence-corrected chi connectivity index (χ0v) is 15.2. The third kappa shape index (κ3) is 2.84. The van der Waals surface area contributed by atoms with Crippen LogP contribution in [0.3, 0.4) is 0 Å². The monoisotopic (exact) mass is 357 g/mol. The van der Waals surface area contributed by atoms with Gasteiger partial charge in [-0.05, 0) is 32.0 Å². The molecule has 0 saturated heterocycles. The summed E-state index contributed by atoms with van der Waals surface area (Å²) in [6.45, 7) is 5.58. The highest BCUT2D eigenvalue weighted by atomic mass is 32.1. The summed E-state index contributed by atoms with van der Waals surface area (Å²) in [5, 5.41) is 0. The van der Waals surface area contributed by atoms with Crippen LogP contribution in [0.25, 0.3) is 4.96 Å². The van der Waals surface area contributed by atoms with Gasteiger partial charge in [-0.25, -0.2) is 4.98 Å². The number of thiazole rings is 1. The number of nitrogens with zero attached hydrogens (tertiary/aromatic N) is 3. The Morgan fingerprint density at radius 2 is 2.04 bits per heavy atom. The summed E-state index contributed by atoms with van der Waals surface area (Å²) >= 11 is 1.65. The number of rotatable bonds is 3. The summed E-state index contributed by atoms with van der Waals surface area (Å²) < 4.78 is 13.2. The Bertz CT molecular complexity index is 960. The number of aryl methyl sites for hydroxylation is 2. The number of ether oxygens (including phenoxy) is 2. The summed E-state index contributed by atoms with van der Waals surface area (Å²) in [7, 11) is 1.80. The van der Waals surface area contributed by atoms with Crippen molar-refractivity contribution >= 4 is 22.2 Å². The van der Waals surface area contributed by atoms with Crippen molar-refractivity contribution in [2.45, 2.75) is 20.4 Å². The lowest BCUT2D eigenvalue weighted by atomic mass is 10.1. The molecule has 3 heterocycles. The molecule has 2 aromatic heterocycles. The lowest BCUT2D eigenvalue weighted by molar-refractivity contribution is 0.0781. The molecule has 1 aliphatic rings. The molecule has 0 unspecified atom stereocenters. The van der Waals surface area contributed by atoms with Crippen molar-refractivity contribution in [3.63, 3.8) is 0 Å². The van der Waals surface area contributed by atoms with Crippen molar-refractivity contribution in [1.29, 1.82) is 0 Å². The lowest BCUT2D eigenvalue weighted by Gasteiger charge is -2.21. The molecular weight excluding hydrogens is 338 g/mol. The number of hydrogen-bond donors (Lipinski definition) is 0. The van der Waals surface area contributed by atoms with Crippen LogP contribution in [0, 0.1) is 13.8 Å². The SMILES string of the molecule is Cc1cn2c(CN(C)C(=O)c3ccc4c(c3)OCCO4)c(C)nc2s1. The number of carbonyl (C=O) groups excluding carboxylic acids is 1. The van der Waals surface area contributed by atoms with Crippen molar-refractivity contribution in [2.24, 2.45) is 0 Å². The summed E-state index contributed by atoms with van der Waals surface area (Å²) in [5.74, 6) is 1.26. The van der Waals surface area contributed by atoms with Crippen molar-refractivity contribution < 1.29 is 14.3 Å². The van der Waals surface area contributed by atoms with Gasteiger partial charge in [0.25, 0.3) is 5.91 Å². The van der Waals surface area contributed by atoms with Crippen molar-refractivity contribution in [2.75, 3.05) is 20.3 Å². The van der Waals surface area contributed by atoms with E-state index in [9.17, 15) is 4.79 Å². The third-order valence-corrected chi connectivity index (χ3v) is 5.16. The average Bonchev–Trinajstić information content (AvgIpc) is 3.10. The Hall–Kier alpha value is -2.54. The average molecular weight is 357 g/mol. The van der Waals surface area contributed by atoms with Gasteiger partial charge >= 0.3 is 0 Å². The smallest absolute Gasteiger partial charge is 0.254 e. The van der Waals surface area contributed by atoms with Gasteiger partial charge in [0.2, 0.25) is 0 Å². The van der Waals surface area contributed by atoms with E-state index in [1.807, 2.05) is 6.92 Å². The van der Waals surface area contributed by atoms with E-state index in [2.05, 4.69) is 22.5 Å². The predicted molar refractivity (Wildman–Crippen MR) is 95.8 cm³/mol. The number of hydrogen-bond acceptors (Lipinski definition) is 5. The minimum atomic E-state index is -0.0572. The molecule has 0 fully saturated rings. The van der Waals surface area contributed by atoms with Gasteiger partial charge in [-0.2, -0.15) is 0 Å². The normalized spacial score (nSPS) is 13.2. The zero-order chi connectivity index (χ0) is 17.6. The van der Waals surface area contributed by atoms with E-state index in [1.165, 1.54) is 4.88 Å². The number of aromatic nitrogens is 2. The second-order valence-corrected chi connectivity index (χ2v) is 7.37. The molecule has 0 spiro atoms. The largest absolute Gasteiger partial charge is 0.486 e. The van der Waals surface area contributed by atoms with Crippen LogP contribution in [0.4, 0.5) is 0 Å². The maximum absolute atomic E-state index is 12.8. The number of imidazole rings is 1. The first-order valence-electron chi connectivity index (χ1n) is 8.12. The van der Waals surface area contributed by atoms with Crippen molar-refractivity contribution in [1.82, 2.24) is 14.3 Å². The van der Waals surface area contributed by atoms with E-state index in [1.54, 1.807) is 41.5 Å². The van der Waals surface area contributed by atoms with Gasteiger partial charge in [0.1, 0.15) is 13.2 Å². The molecule has 0 saturated carbocycles.